The summed E-state index contributed by atoms with van der Waals surface area (Å²) < 4.78 is 1.60. The molecule has 0 aliphatic carbocycles. The third kappa shape index (κ3) is 3.62. The smallest absolute Gasteiger partial charge is 0.262 e. The highest BCUT2D eigenvalue weighted by molar-refractivity contribution is 7.99. The predicted molar refractivity (Wildman–Crippen MR) is 134 cm³/mol. The van der Waals surface area contributed by atoms with Gasteiger partial charge in [-0.3, -0.25) is 14.2 Å². The summed E-state index contributed by atoms with van der Waals surface area (Å²) in [5.74, 6) is 0.555. The molecule has 1 aromatic carbocycles. The summed E-state index contributed by atoms with van der Waals surface area (Å²) in [6.45, 7) is 6.07. The molecule has 0 fully saturated rings. The van der Waals surface area contributed by atoms with Gasteiger partial charge in [-0.25, -0.2) is 9.97 Å². The van der Waals surface area contributed by atoms with Gasteiger partial charge in [0.05, 0.1) is 21.5 Å². The summed E-state index contributed by atoms with van der Waals surface area (Å²) in [5.41, 5.74) is 1.29. The van der Waals surface area contributed by atoms with Crippen LogP contribution < -0.4 is 11.1 Å². The predicted octanol–water partition coefficient (Wildman–Crippen LogP) is 5.46. The van der Waals surface area contributed by atoms with Crippen LogP contribution in [0.25, 0.3) is 31.6 Å². The van der Waals surface area contributed by atoms with Crippen LogP contribution in [0, 0.1) is 0 Å². The molecule has 4 aromatic heterocycles. The molecule has 0 saturated heterocycles. The quantitative estimate of drug-likeness (QED) is 0.199. The molecule has 0 spiro atoms. The fraction of sp³-hybridized carbons (Fsp3) is 0.130. The topological polar surface area (TPSA) is 80.6 Å². The summed E-state index contributed by atoms with van der Waals surface area (Å²) in [5, 5.41) is 5.50. The first-order valence-corrected chi connectivity index (χ1v) is 12.5. The van der Waals surface area contributed by atoms with E-state index in [0.717, 1.165) is 10.4 Å². The van der Waals surface area contributed by atoms with E-state index in [9.17, 15) is 9.59 Å². The highest BCUT2D eigenvalue weighted by Gasteiger charge is 2.19. The zero-order chi connectivity index (χ0) is 22.2. The van der Waals surface area contributed by atoms with Crippen LogP contribution >= 0.6 is 34.4 Å². The van der Waals surface area contributed by atoms with Crippen LogP contribution in [0.3, 0.4) is 0 Å². The van der Waals surface area contributed by atoms with E-state index in [4.69, 9.17) is 9.97 Å². The molecule has 4 heterocycles. The number of thioether (sulfide) groups is 1. The first-order chi connectivity index (χ1) is 15.6. The minimum atomic E-state index is -0.219. The van der Waals surface area contributed by atoms with Gasteiger partial charge in [-0.05, 0) is 30.5 Å². The van der Waals surface area contributed by atoms with Crippen LogP contribution in [0.2, 0.25) is 0 Å². The monoisotopic (exact) mass is 478 g/mol. The van der Waals surface area contributed by atoms with E-state index in [1.807, 2.05) is 48.0 Å². The van der Waals surface area contributed by atoms with E-state index in [-0.39, 0.29) is 16.4 Å². The molecule has 32 heavy (non-hydrogen) atoms. The molecule has 0 amide bonds. The number of hydrogen-bond donors (Lipinski definition) is 1. The Balaban J connectivity index is 1.55. The van der Waals surface area contributed by atoms with Gasteiger partial charge in [-0.1, -0.05) is 36.0 Å². The molecule has 1 N–H and O–H groups in total. The minimum absolute atomic E-state index is 0.110. The number of hydrogen-bond acceptors (Lipinski definition) is 7. The Bertz CT molecular complexity index is 1560. The van der Waals surface area contributed by atoms with E-state index < -0.39 is 0 Å². The number of rotatable bonds is 6. The molecule has 0 radical (unpaired) electrons. The SMILES string of the molecule is C=CCn1c(SC(C)c2nc3scc(-c4cccs4)c3c(=O)[nH]2)nc2ccccc2c1=O. The first-order valence-electron chi connectivity index (χ1n) is 9.89. The number of para-hydroxylation sites is 1. The molecule has 0 aliphatic heterocycles. The number of aromatic amines is 1. The Labute approximate surface area is 195 Å². The summed E-state index contributed by atoms with van der Waals surface area (Å²) in [7, 11) is 0. The number of nitrogens with one attached hydrogen (secondary N) is 1. The lowest BCUT2D eigenvalue weighted by Gasteiger charge is -2.15. The first kappa shape index (κ1) is 20.9. The lowest BCUT2D eigenvalue weighted by molar-refractivity contribution is 0.669. The van der Waals surface area contributed by atoms with Gasteiger partial charge in [-0.15, -0.1) is 29.3 Å². The average molecular weight is 479 g/mol. The van der Waals surface area contributed by atoms with Gasteiger partial charge in [0.1, 0.15) is 10.7 Å². The van der Waals surface area contributed by atoms with Gasteiger partial charge in [0.15, 0.2) is 5.16 Å². The molecular formula is C23H18N4O2S3. The van der Waals surface area contributed by atoms with Gasteiger partial charge >= 0.3 is 0 Å². The highest BCUT2D eigenvalue weighted by atomic mass is 32.2. The maximum Gasteiger partial charge on any atom is 0.262 e. The van der Waals surface area contributed by atoms with Crippen molar-refractivity contribution >= 4 is 55.6 Å². The van der Waals surface area contributed by atoms with E-state index in [0.29, 0.717) is 38.6 Å². The zero-order valence-electron chi connectivity index (χ0n) is 17.1. The number of nitrogens with zero attached hydrogens (tertiary/aromatic N) is 3. The summed E-state index contributed by atoms with van der Waals surface area (Å²) in [6, 6.07) is 11.3. The van der Waals surface area contributed by atoms with E-state index in [2.05, 4.69) is 11.6 Å². The van der Waals surface area contributed by atoms with Gasteiger partial charge in [-0.2, -0.15) is 0 Å². The van der Waals surface area contributed by atoms with Gasteiger partial charge < -0.3 is 4.98 Å². The van der Waals surface area contributed by atoms with Gasteiger partial charge in [0.2, 0.25) is 0 Å². The van der Waals surface area contributed by atoms with Crippen molar-refractivity contribution in [2.75, 3.05) is 0 Å². The molecule has 1 atom stereocenters. The van der Waals surface area contributed by atoms with Crippen molar-refractivity contribution in [3.05, 3.63) is 86.3 Å². The lowest BCUT2D eigenvalue weighted by atomic mass is 10.2. The van der Waals surface area contributed by atoms with Crippen LogP contribution in [-0.4, -0.2) is 19.5 Å². The second-order valence-corrected chi connectivity index (χ2v) is 10.2. The molecule has 1 unspecified atom stereocenters. The molecule has 5 aromatic rings. The van der Waals surface area contributed by atoms with Gasteiger partial charge in [0, 0.05) is 22.4 Å². The molecule has 0 bridgehead atoms. The molecular weight excluding hydrogens is 460 g/mol. The summed E-state index contributed by atoms with van der Waals surface area (Å²) in [4.78, 5) is 40.1. The van der Waals surface area contributed by atoms with Crippen molar-refractivity contribution in [3.8, 4) is 10.4 Å². The number of aromatic nitrogens is 4. The second kappa shape index (κ2) is 8.50. The van der Waals surface area contributed by atoms with Crippen LogP contribution in [0.4, 0.5) is 0 Å². The average Bonchev–Trinajstić information content (AvgIpc) is 3.46. The minimum Gasteiger partial charge on any atom is -0.309 e. The fourth-order valence-corrected chi connectivity index (χ4v) is 6.26. The van der Waals surface area contributed by atoms with Crippen molar-refractivity contribution in [1.82, 2.24) is 19.5 Å². The standard InChI is InChI=1S/C23H18N4O2S3/c1-3-10-27-22(29)14-7-4-5-8-16(14)24-23(27)32-13(2)19-25-20(28)18-15(12-31-21(18)26-19)17-9-6-11-30-17/h3-9,11-13H,1,10H2,2H3,(H,25,26,28). The Morgan fingerprint density at radius 2 is 2.03 bits per heavy atom. The Morgan fingerprint density at radius 3 is 2.81 bits per heavy atom. The number of H-pyrrole nitrogens is 1. The van der Waals surface area contributed by atoms with Crippen molar-refractivity contribution in [2.24, 2.45) is 0 Å². The fourth-order valence-electron chi connectivity index (χ4n) is 3.51. The maximum atomic E-state index is 13.0. The van der Waals surface area contributed by atoms with E-state index in [1.54, 1.807) is 28.0 Å². The highest BCUT2D eigenvalue weighted by Crippen LogP contribution is 2.36. The molecule has 5 rings (SSSR count). The van der Waals surface area contributed by atoms with E-state index in [1.165, 1.54) is 23.1 Å². The number of thiophene rings is 2. The van der Waals surface area contributed by atoms with Crippen molar-refractivity contribution in [2.45, 2.75) is 23.9 Å². The normalized spacial score (nSPS) is 12.4. The van der Waals surface area contributed by atoms with Crippen LogP contribution in [0.15, 0.2) is 74.6 Å². The Kier molecular flexibility index (Phi) is 5.54. The van der Waals surface area contributed by atoms with Gasteiger partial charge in [0.25, 0.3) is 11.1 Å². The number of fused-ring (bicyclic) bond motifs is 2. The third-order valence-corrected chi connectivity index (χ3v) is 7.93. The zero-order valence-corrected chi connectivity index (χ0v) is 19.5. The number of allylic oxidation sites excluding steroid dienone is 1. The molecule has 0 saturated carbocycles. The van der Waals surface area contributed by atoms with Crippen molar-refractivity contribution in [1.29, 1.82) is 0 Å². The molecule has 9 heteroatoms. The summed E-state index contributed by atoms with van der Waals surface area (Å²) in [6.07, 6.45) is 1.68. The maximum absolute atomic E-state index is 13.0. The van der Waals surface area contributed by atoms with Crippen LogP contribution in [-0.2, 0) is 6.54 Å². The molecule has 0 aliphatic rings. The van der Waals surface area contributed by atoms with Crippen molar-refractivity contribution in [3.63, 3.8) is 0 Å². The largest absolute Gasteiger partial charge is 0.309 e. The lowest BCUT2D eigenvalue weighted by Crippen LogP contribution is -2.23. The second-order valence-electron chi connectivity index (χ2n) is 7.13. The molecule has 160 valence electrons. The third-order valence-electron chi connectivity index (χ3n) is 5.05. The molecule has 6 nitrogen and oxygen atoms in total. The Hall–Kier alpha value is -3.01. The van der Waals surface area contributed by atoms with Crippen molar-refractivity contribution < 1.29 is 0 Å². The Morgan fingerprint density at radius 1 is 1.19 bits per heavy atom. The van der Waals surface area contributed by atoms with Crippen LogP contribution in [0.5, 0.6) is 0 Å². The van der Waals surface area contributed by atoms with Crippen LogP contribution in [0.1, 0.15) is 18.0 Å². The number of benzene rings is 1. The summed E-state index contributed by atoms with van der Waals surface area (Å²) >= 11 is 4.45. The van der Waals surface area contributed by atoms with E-state index >= 15 is 0 Å².